The van der Waals surface area contributed by atoms with Crippen LogP contribution < -0.4 is 16.4 Å². The molecule has 0 radical (unpaired) electrons. The zero-order valence-corrected chi connectivity index (χ0v) is 27.1. The van der Waals surface area contributed by atoms with Gasteiger partial charge in [0.1, 0.15) is 6.04 Å². The summed E-state index contributed by atoms with van der Waals surface area (Å²) in [5.41, 5.74) is 8.77. The fourth-order valence-corrected chi connectivity index (χ4v) is 6.84. The largest absolute Gasteiger partial charge is 0.354 e. The van der Waals surface area contributed by atoms with Crippen molar-refractivity contribution in [3.8, 4) is 0 Å². The molecular weight excluding hydrogens is 600 g/mol. The predicted octanol–water partition coefficient (Wildman–Crippen LogP) is 3.54. The lowest BCUT2D eigenvalue weighted by Gasteiger charge is -2.50. The Bertz CT molecular complexity index is 1430. The fraction of sp³-hybridized carbons (Fsp3) is 0.444. The smallest absolute Gasteiger partial charge is 0.245 e. The maximum absolute atomic E-state index is 14.0. The van der Waals surface area contributed by atoms with Crippen molar-refractivity contribution in [2.24, 2.45) is 5.73 Å². The molecule has 1 saturated carbocycles. The Balaban J connectivity index is 1.22. The Morgan fingerprint density at radius 3 is 2.22 bits per heavy atom. The van der Waals surface area contributed by atoms with Crippen LogP contribution in [0.25, 0.3) is 0 Å². The summed E-state index contributed by atoms with van der Waals surface area (Å²) in [6.45, 7) is 3.12. The summed E-state index contributed by atoms with van der Waals surface area (Å²) < 4.78 is 0. The van der Waals surface area contributed by atoms with E-state index in [2.05, 4.69) is 20.5 Å². The Kier molecular flexibility index (Phi) is 11.8. The number of nitrogens with one attached hydrogen (secondary N) is 2. The molecule has 5 rings (SSSR count). The van der Waals surface area contributed by atoms with Crippen molar-refractivity contribution in [2.45, 2.75) is 69.0 Å². The van der Waals surface area contributed by atoms with Gasteiger partial charge in [-0.1, -0.05) is 79.4 Å². The van der Waals surface area contributed by atoms with E-state index in [0.29, 0.717) is 50.6 Å². The highest BCUT2D eigenvalue weighted by Crippen LogP contribution is 2.34. The molecular formula is C36H45ClN6O3. The van der Waals surface area contributed by atoms with Crippen molar-refractivity contribution < 1.29 is 14.4 Å². The first-order valence-electron chi connectivity index (χ1n) is 16.4. The van der Waals surface area contributed by atoms with Gasteiger partial charge in [-0.2, -0.15) is 0 Å². The van der Waals surface area contributed by atoms with E-state index in [1.165, 1.54) is 6.42 Å². The van der Waals surface area contributed by atoms with Crippen LogP contribution >= 0.6 is 11.6 Å². The third kappa shape index (κ3) is 9.15. The molecule has 2 atom stereocenters. The van der Waals surface area contributed by atoms with Gasteiger partial charge in [-0.3, -0.25) is 24.3 Å². The quantitative estimate of drug-likeness (QED) is 0.278. The number of carbonyl (C=O) groups excluding carboxylic acids is 3. The van der Waals surface area contributed by atoms with Gasteiger partial charge in [-0.05, 0) is 48.2 Å². The molecule has 3 amide bonds. The Labute approximate surface area is 276 Å². The van der Waals surface area contributed by atoms with E-state index < -0.39 is 12.1 Å². The first-order chi connectivity index (χ1) is 22.3. The lowest BCUT2D eigenvalue weighted by atomic mass is 9.79. The Morgan fingerprint density at radius 2 is 1.54 bits per heavy atom. The van der Waals surface area contributed by atoms with E-state index >= 15 is 0 Å². The highest BCUT2D eigenvalue weighted by Gasteiger charge is 2.41. The lowest BCUT2D eigenvalue weighted by molar-refractivity contribution is -0.139. The molecule has 4 N–H and O–H groups in total. The van der Waals surface area contributed by atoms with Gasteiger partial charge in [0, 0.05) is 68.0 Å². The van der Waals surface area contributed by atoms with Crippen LogP contribution in [0.1, 0.15) is 48.9 Å². The molecule has 1 aliphatic carbocycles. The Hall–Kier alpha value is -3.79. The van der Waals surface area contributed by atoms with Crippen molar-refractivity contribution >= 4 is 29.3 Å². The van der Waals surface area contributed by atoms with E-state index in [1.54, 1.807) is 18.3 Å². The topological polar surface area (TPSA) is 121 Å². The average Bonchev–Trinajstić information content (AvgIpc) is 3.09. The summed E-state index contributed by atoms with van der Waals surface area (Å²) in [4.78, 5) is 48.7. The van der Waals surface area contributed by atoms with Gasteiger partial charge in [0.25, 0.3) is 0 Å². The van der Waals surface area contributed by atoms with Gasteiger partial charge in [-0.15, -0.1) is 0 Å². The molecule has 2 aliphatic rings. The molecule has 0 bridgehead atoms. The predicted molar refractivity (Wildman–Crippen MR) is 180 cm³/mol. The number of pyridine rings is 1. The summed E-state index contributed by atoms with van der Waals surface area (Å²) in [5, 5.41) is 6.80. The third-order valence-corrected chi connectivity index (χ3v) is 9.58. The molecule has 2 unspecified atom stereocenters. The molecule has 3 aromatic rings. The summed E-state index contributed by atoms with van der Waals surface area (Å²) in [5.74, 6) is -0.474. The first kappa shape index (κ1) is 33.6. The van der Waals surface area contributed by atoms with Gasteiger partial charge in [0.05, 0.1) is 12.5 Å². The number of aromatic nitrogens is 1. The second-order valence-corrected chi connectivity index (χ2v) is 13.0. The van der Waals surface area contributed by atoms with E-state index in [-0.39, 0.29) is 29.7 Å². The molecule has 1 aliphatic heterocycles. The molecule has 9 nitrogen and oxygen atoms in total. The molecule has 244 valence electrons. The van der Waals surface area contributed by atoms with Gasteiger partial charge < -0.3 is 21.3 Å². The fourth-order valence-electron chi connectivity index (χ4n) is 6.72. The van der Waals surface area contributed by atoms with E-state index in [9.17, 15) is 14.4 Å². The second-order valence-electron chi connectivity index (χ2n) is 12.6. The summed E-state index contributed by atoms with van der Waals surface area (Å²) in [7, 11) is 0. The molecule has 2 fully saturated rings. The maximum atomic E-state index is 14.0. The summed E-state index contributed by atoms with van der Waals surface area (Å²) in [6, 6.07) is 21.0. The number of amides is 3. The summed E-state index contributed by atoms with van der Waals surface area (Å²) >= 11 is 6.11. The number of benzene rings is 2. The van der Waals surface area contributed by atoms with Crippen LogP contribution in [0.3, 0.4) is 0 Å². The molecule has 0 spiro atoms. The van der Waals surface area contributed by atoms with Gasteiger partial charge in [0.2, 0.25) is 17.7 Å². The molecule has 10 heteroatoms. The number of piperazine rings is 1. The maximum Gasteiger partial charge on any atom is 0.245 e. The molecule has 1 saturated heterocycles. The summed E-state index contributed by atoms with van der Waals surface area (Å²) in [6.07, 6.45) is 8.14. The van der Waals surface area contributed by atoms with Crippen molar-refractivity contribution in [3.63, 3.8) is 0 Å². The van der Waals surface area contributed by atoms with Crippen molar-refractivity contribution in [1.29, 1.82) is 0 Å². The lowest BCUT2D eigenvalue weighted by Crippen LogP contribution is -2.64. The van der Waals surface area contributed by atoms with Gasteiger partial charge >= 0.3 is 0 Å². The van der Waals surface area contributed by atoms with Crippen molar-refractivity contribution in [3.05, 3.63) is 101 Å². The zero-order valence-electron chi connectivity index (χ0n) is 26.4. The zero-order chi connectivity index (χ0) is 32.4. The minimum Gasteiger partial charge on any atom is -0.354 e. The van der Waals surface area contributed by atoms with Crippen LogP contribution in [-0.4, -0.2) is 82.9 Å². The average molecular weight is 645 g/mol. The highest BCUT2D eigenvalue weighted by atomic mass is 35.5. The molecule has 2 heterocycles. The minimum absolute atomic E-state index is 0.0343. The first-order valence-corrected chi connectivity index (χ1v) is 16.7. The highest BCUT2D eigenvalue weighted by molar-refractivity contribution is 6.30. The van der Waals surface area contributed by atoms with Gasteiger partial charge in [0.15, 0.2) is 0 Å². The monoisotopic (exact) mass is 644 g/mol. The van der Waals surface area contributed by atoms with Crippen LogP contribution in [0, 0.1) is 0 Å². The van der Waals surface area contributed by atoms with E-state index in [4.69, 9.17) is 17.3 Å². The normalized spacial score (nSPS) is 17.9. The minimum atomic E-state index is -0.837. The number of hydrogen-bond acceptors (Lipinski definition) is 6. The third-order valence-electron chi connectivity index (χ3n) is 9.33. The number of halogens is 1. The number of rotatable bonds is 12. The van der Waals surface area contributed by atoms with Crippen LogP contribution in [0.2, 0.25) is 5.02 Å². The number of carbonyl (C=O) groups is 3. The molecule has 46 heavy (non-hydrogen) atoms. The standard InChI is InChI=1S/C36H45ClN6O3/c37-29-14-12-28(13-15-29)23-32(41-34(45)31(38)25-30-11-5-8-18-39-30)35(46)42-19-21-43(22-20-42)36(16-6-2-7-17-36)26-40-33(44)24-27-9-3-1-4-10-27/h1,3-5,8-15,18,31-32H,2,6-7,16-17,19-26,38H2,(H,40,44)(H,41,45). The Morgan fingerprint density at radius 1 is 0.848 bits per heavy atom. The molecule has 1 aromatic heterocycles. The van der Waals surface area contributed by atoms with Crippen LogP contribution in [0.15, 0.2) is 79.0 Å². The number of hydrogen-bond donors (Lipinski definition) is 3. The van der Waals surface area contributed by atoms with Crippen LogP contribution in [-0.2, 0) is 33.6 Å². The SMILES string of the molecule is NC(Cc1ccccn1)C(=O)NC(Cc1ccc(Cl)cc1)C(=O)N1CCN(C2(CNC(=O)Cc3ccccc3)CCCCC2)CC1. The van der Waals surface area contributed by atoms with Crippen molar-refractivity contribution in [2.75, 3.05) is 32.7 Å². The number of nitrogens with zero attached hydrogens (tertiary/aromatic N) is 3. The van der Waals surface area contributed by atoms with Crippen LogP contribution in [0.4, 0.5) is 0 Å². The second kappa shape index (κ2) is 16.2. The van der Waals surface area contributed by atoms with Crippen LogP contribution in [0.5, 0.6) is 0 Å². The van der Waals surface area contributed by atoms with E-state index in [1.807, 2.05) is 65.6 Å². The molecule has 2 aromatic carbocycles. The van der Waals surface area contributed by atoms with E-state index in [0.717, 1.165) is 42.5 Å². The number of nitrogens with two attached hydrogens (primary N) is 1. The van der Waals surface area contributed by atoms with Gasteiger partial charge in [-0.25, -0.2) is 0 Å². The van der Waals surface area contributed by atoms with Crippen molar-refractivity contribution in [1.82, 2.24) is 25.4 Å².